The van der Waals surface area contributed by atoms with Crippen LogP contribution < -0.4 is 29.9 Å². The number of halogens is 2. The number of carbonyl (C=O) groups is 1. The van der Waals surface area contributed by atoms with Gasteiger partial charge in [0.1, 0.15) is 23.1 Å². The maximum atomic E-state index is 14.1. The minimum atomic E-state index is -0.784. The number of amides is 1. The normalized spacial score (nSPS) is 12.5. The highest BCUT2D eigenvalue weighted by molar-refractivity contribution is 5.96. The predicted molar refractivity (Wildman–Crippen MR) is 157 cm³/mol. The maximum Gasteiger partial charge on any atom is 0.229 e. The first kappa shape index (κ1) is 29.5. The number of anilines is 5. The van der Waals surface area contributed by atoms with Crippen LogP contribution >= 0.6 is 0 Å². The molecule has 0 aliphatic carbocycles. The molecule has 1 amide bonds. The van der Waals surface area contributed by atoms with Gasteiger partial charge in [-0.2, -0.15) is 4.98 Å². The molecule has 0 saturated heterocycles. The molecule has 4 rings (SSSR count). The smallest absolute Gasteiger partial charge is 0.229 e. The molecule has 1 aromatic heterocycles. The standard InChI is InChI=1S/C29H35F2N7O3/c1-7-27(39)33-22-14-23(26(40-6)15-24(22)37(4)11-10-36(2)3)34-29-32-16-18-12-20(17-38(5)28(18)35-29)41-25-9-8-19(30)13-21(25)31/h8-9,12-16H,7,10-11,17H2,1-6H3,(H,33,39)(H,32,34,35). The lowest BCUT2D eigenvalue weighted by molar-refractivity contribution is -0.115. The predicted octanol–water partition coefficient (Wildman–Crippen LogP) is 4.72. The molecule has 0 spiro atoms. The average molecular weight is 568 g/mol. The van der Waals surface area contributed by atoms with Gasteiger partial charge in [-0.05, 0) is 38.4 Å². The third kappa shape index (κ3) is 7.20. The summed E-state index contributed by atoms with van der Waals surface area (Å²) in [7, 11) is 9.38. The SMILES string of the molecule is CCC(=O)Nc1cc(Nc2ncc3c(n2)N(C)CC(Oc2ccc(F)cc2F)=C3)c(OC)cc1N(C)CCN(C)C. The van der Waals surface area contributed by atoms with Gasteiger partial charge in [0.2, 0.25) is 11.9 Å². The van der Waals surface area contributed by atoms with E-state index in [0.717, 1.165) is 30.9 Å². The van der Waals surface area contributed by atoms with Crippen LogP contribution in [0.5, 0.6) is 11.5 Å². The molecule has 0 fully saturated rings. The largest absolute Gasteiger partial charge is 0.494 e. The van der Waals surface area contributed by atoms with Crippen molar-refractivity contribution in [3.8, 4) is 11.5 Å². The lowest BCUT2D eigenvalue weighted by atomic mass is 10.2. The highest BCUT2D eigenvalue weighted by Crippen LogP contribution is 2.38. The molecule has 0 radical (unpaired) electrons. The van der Waals surface area contributed by atoms with Gasteiger partial charge < -0.3 is 34.8 Å². The van der Waals surface area contributed by atoms with Crippen molar-refractivity contribution in [3.63, 3.8) is 0 Å². The fourth-order valence-electron chi connectivity index (χ4n) is 4.22. The van der Waals surface area contributed by atoms with E-state index < -0.39 is 11.6 Å². The van der Waals surface area contributed by atoms with Crippen molar-refractivity contribution in [3.05, 3.63) is 59.5 Å². The molecule has 0 saturated carbocycles. The van der Waals surface area contributed by atoms with Crippen molar-refractivity contribution in [1.82, 2.24) is 14.9 Å². The number of methoxy groups -OCH3 is 1. The van der Waals surface area contributed by atoms with Gasteiger partial charge in [0, 0.05) is 57.5 Å². The summed E-state index contributed by atoms with van der Waals surface area (Å²) in [5.41, 5.74) is 2.70. The molecule has 2 N–H and O–H groups in total. The summed E-state index contributed by atoms with van der Waals surface area (Å²) in [6.45, 7) is 3.68. The van der Waals surface area contributed by atoms with Crippen LogP contribution in [0.3, 0.4) is 0 Å². The number of nitrogens with zero attached hydrogens (tertiary/aromatic N) is 5. The van der Waals surface area contributed by atoms with Crippen molar-refractivity contribution in [2.75, 3.05) is 75.4 Å². The van der Waals surface area contributed by atoms with Crippen molar-refractivity contribution in [2.24, 2.45) is 0 Å². The molecule has 41 heavy (non-hydrogen) atoms. The topological polar surface area (TPSA) is 95.1 Å². The quantitative estimate of drug-likeness (QED) is 0.341. The van der Waals surface area contributed by atoms with E-state index in [4.69, 9.17) is 9.47 Å². The Labute approximate surface area is 238 Å². The summed E-state index contributed by atoms with van der Waals surface area (Å²) >= 11 is 0. The highest BCUT2D eigenvalue weighted by atomic mass is 19.1. The molecule has 0 bridgehead atoms. The van der Waals surface area contributed by atoms with Crippen LogP contribution in [0, 0.1) is 11.6 Å². The second kappa shape index (κ2) is 12.8. The molecule has 12 heteroatoms. The Morgan fingerprint density at radius 2 is 1.88 bits per heavy atom. The summed E-state index contributed by atoms with van der Waals surface area (Å²) in [5.74, 6) is 0.326. The van der Waals surface area contributed by atoms with E-state index in [9.17, 15) is 13.6 Å². The number of aromatic nitrogens is 2. The van der Waals surface area contributed by atoms with Crippen molar-refractivity contribution >= 4 is 40.8 Å². The Balaban J connectivity index is 1.61. The monoisotopic (exact) mass is 567 g/mol. The lowest BCUT2D eigenvalue weighted by Gasteiger charge is -2.27. The van der Waals surface area contributed by atoms with Crippen molar-refractivity contribution < 1.29 is 23.0 Å². The molecule has 10 nitrogen and oxygen atoms in total. The number of ether oxygens (including phenoxy) is 2. The number of rotatable bonds is 11. The molecule has 2 heterocycles. The third-order valence-corrected chi connectivity index (χ3v) is 6.46. The van der Waals surface area contributed by atoms with E-state index in [1.807, 2.05) is 45.2 Å². The zero-order valence-corrected chi connectivity index (χ0v) is 24.1. The Hall–Kier alpha value is -4.45. The molecular formula is C29H35F2N7O3. The van der Waals surface area contributed by atoms with Gasteiger partial charge in [0.15, 0.2) is 11.6 Å². The Bertz CT molecular complexity index is 1450. The minimum absolute atomic E-state index is 0.0671. The highest BCUT2D eigenvalue weighted by Gasteiger charge is 2.21. The van der Waals surface area contributed by atoms with Crippen LogP contribution in [-0.2, 0) is 4.79 Å². The molecule has 1 aliphatic heterocycles. The molecule has 1 aliphatic rings. The van der Waals surface area contributed by atoms with Gasteiger partial charge in [-0.1, -0.05) is 6.92 Å². The summed E-state index contributed by atoms with van der Waals surface area (Å²) in [4.78, 5) is 27.5. The number of hydrogen-bond acceptors (Lipinski definition) is 9. The van der Waals surface area contributed by atoms with E-state index in [0.29, 0.717) is 53.2 Å². The first-order valence-corrected chi connectivity index (χ1v) is 13.1. The van der Waals surface area contributed by atoms with Gasteiger partial charge >= 0.3 is 0 Å². The molecule has 3 aromatic rings. The number of nitrogens with one attached hydrogen (secondary N) is 2. The van der Waals surface area contributed by atoms with Crippen LogP contribution in [0.1, 0.15) is 18.9 Å². The zero-order chi connectivity index (χ0) is 29.7. The first-order valence-electron chi connectivity index (χ1n) is 13.1. The molecular weight excluding hydrogens is 532 g/mol. The van der Waals surface area contributed by atoms with E-state index >= 15 is 0 Å². The molecule has 0 atom stereocenters. The minimum Gasteiger partial charge on any atom is -0.494 e. The van der Waals surface area contributed by atoms with Crippen LogP contribution in [0.4, 0.5) is 37.6 Å². The fourth-order valence-corrected chi connectivity index (χ4v) is 4.22. The Morgan fingerprint density at radius 1 is 1.10 bits per heavy atom. The van der Waals surface area contributed by atoms with Gasteiger partial charge in [-0.25, -0.2) is 13.8 Å². The Kier molecular flexibility index (Phi) is 9.23. The first-order chi connectivity index (χ1) is 19.6. The molecule has 2 aromatic carbocycles. The van der Waals surface area contributed by atoms with Gasteiger partial charge in [-0.15, -0.1) is 0 Å². The fraction of sp³-hybridized carbons (Fsp3) is 0.345. The van der Waals surface area contributed by atoms with E-state index in [1.54, 1.807) is 26.3 Å². The van der Waals surface area contributed by atoms with Crippen LogP contribution in [0.15, 0.2) is 42.3 Å². The number of likely N-dealkylation sites (N-methyl/N-ethyl adjacent to an activating group) is 3. The Morgan fingerprint density at radius 3 is 2.56 bits per heavy atom. The van der Waals surface area contributed by atoms with E-state index in [2.05, 4.69) is 30.4 Å². The zero-order valence-electron chi connectivity index (χ0n) is 24.1. The maximum absolute atomic E-state index is 14.1. The number of fused-ring (bicyclic) bond motifs is 1. The van der Waals surface area contributed by atoms with Gasteiger partial charge in [0.25, 0.3) is 0 Å². The number of hydrogen-bond donors (Lipinski definition) is 2. The number of benzene rings is 2. The summed E-state index contributed by atoms with van der Waals surface area (Å²) in [5, 5.41) is 6.20. The average Bonchev–Trinajstić information content (AvgIpc) is 2.93. The van der Waals surface area contributed by atoms with Crippen molar-refractivity contribution in [2.45, 2.75) is 13.3 Å². The molecule has 0 unspecified atom stereocenters. The summed E-state index contributed by atoms with van der Waals surface area (Å²) in [6, 6.07) is 6.85. The van der Waals surface area contributed by atoms with E-state index in [-0.39, 0.29) is 11.7 Å². The number of carbonyl (C=O) groups excluding carboxylic acids is 1. The second-order valence-corrected chi connectivity index (χ2v) is 9.94. The molecule has 218 valence electrons. The third-order valence-electron chi connectivity index (χ3n) is 6.46. The summed E-state index contributed by atoms with van der Waals surface area (Å²) in [6.07, 6.45) is 3.68. The lowest BCUT2D eigenvalue weighted by Crippen LogP contribution is -2.29. The van der Waals surface area contributed by atoms with Crippen molar-refractivity contribution in [1.29, 1.82) is 0 Å². The van der Waals surface area contributed by atoms with Crippen LogP contribution in [0.25, 0.3) is 6.08 Å². The second-order valence-electron chi connectivity index (χ2n) is 9.94. The van der Waals surface area contributed by atoms with E-state index in [1.165, 1.54) is 6.07 Å². The summed E-state index contributed by atoms with van der Waals surface area (Å²) < 4.78 is 38.7. The van der Waals surface area contributed by atoms with Crippen LogP contribution in [0.2, 0.25) is 0 Å². The van der Waals surface area contributed by atoms with Crippen LogP contribution in [-0.4, -0.2) is 75.7 Å². The van der Waals surface area contributed by atoms with Gasteiger partial charge in [0.05, 0.1) is 30.7 Å². The van der Waals surface area contributed by atoms with Gasteiger partial charge in [-0.3, -0.25) is 4.79 Å².